The molecule has 2 heterocycles. The molecule has 0 aliphatic rings. The van der Waals surface area contributed by atoms with Gasteiger partial charge in [-0.25, -0.2) is 9.78 Å². The fourth-order valence-electron chi connectivity index (χ4n) is 3.43. The van der Waals surface area contributed by atoms with E-state index < -0.39 is 5.97 Å². The highest BCUT2D eigenvalue weighted by atomic mass is 16.4. The first kappa shape index (κ1) is 17.9. The molecule has 0 atom stereocenters. The average Bonchev–Trinajstić information content (AvgIpc) is 3.17. The molecule has 140 valence electrons. The Labute approximate surface area is 163 Å². The normalized spacial score (nSPS) is 11.1. The molecule has 5 heteroatoms. The number of rotatable bonds is 5. The molecule has 0 amide bonds. The number of aromatic amines is 1. The Balaban J connectivity index is 1.81. The molecule has 0 aliphatic carbocycles. The van der Waals surface area contributed by atoms with Crippen molar-refractivity contribution in [2.24, 2.45) is 0 Å². The van der Waals surface area contributed by atoms with Gasteiger partial charge in [0.15, 0.2) is 5.65 Å². The highest BCUT2D eigenvalue weighted by molar-refractivity contribution is 5.95. The zero-order valence-electron chi connectivity index (χ0n) is 15.9. The van der Waals surface area contributed by atoms with E-state index in [0.29, 0.717) is 5.65 Å². The van der Waals surface area contributed by atoms with Crippen molar-refractivity contribution in [1.29, 1.82) is 0 Å². The van der Waals surface area contributed by atoms with E-state index in [4.69, 9.17) is 10.1 Å². The summed E-state index contributed by atoms with van der Waals surface area (Å²) in [5.41, 5.74) is 7.13. The summed E-state index contributed by atoms with van der Waals surface area (Å²) in [4.78, 5) is 15.8. The first-order valence-electron chi connectivity index (χ1n) is 9.41. The van der Waals surface area contributed by atoms with Crippen LogP contribution in [0.15, 0.2) is 54.6 Å². The Kier molecular flexibility index (Phi) is 4.65. The first-order valence-corrected chi connectivity index (χ1v) is 9.41. The number of carboxylic acids is 1. The van der Waals surface area contributed by atoms with E-state index in [1.807, 2.05) is 0 Å². The average molecular weight is 371 g/mol. The van der Waals surface area contributed by atoms with Gasteiger partial charge >= 0.3 is 5.97 Å². The highest BCUT2D eigenvalue weighted by Gasteiger charge is 2.15. The number of aromatic nitrogens is 3. The minimum atomic E-state index is -0.935. The molecule has 2 aromatic heterocycles. The lowest BCUT2D eigenvalue weighted by molar-refractivity contribution is 0.0697. The van der Waals surface area contributed by atoms with Gasteiger partial charge in [0.25, 0.3) is 0 Å². The molecular formula is C23H21N3O2. The standard InChI is InChI=1S/C23H21N3O2/c1-3-14-5-7-17(8-6-14)21-20-15(4-2)13-19(24-22(20)26-25-21)16-9-11-18(12-10-16)23(27)28/h5-13H,3-4H2,1-2H3,(H,27,28)(H,24,25,26). The van der Waals surface area contributed by atoms with Crippen molar-refractivity contribution < 1.29 is 9.90 Å². The van der Waals surface area contributed by atoms with Gasteiger partial charge in [-0.05, 0) is 42.2 Å². The molecular weight excluding hydrogens is 350 g/mol. The summed E-state index contributed by atoms with van der Waals surface area (Å²) >= 11 is 0. The Hall–Kier alpha value is -3.47. The van der Waals surface area contributed by atoms with Crippen molar-refractivity contribution in [2.75, 3.05) is 0 Å². The minimum absolute atomic E-state index is 0.262. The minimum Gasteiger partial charge on any atom is -0.478 e. The highest BCUT2D eigenvalue weighted by Crippen LogP contribution is 2.32. The summed E-state index contributed by atoms with van der Waals surface area (Å²) in [6.07, 6.45) is 1.86. The number of H-pyrrole nitrogens is 1. The number of hydrogen-bond donors (Lipinski definition) is 2. The number of hydrogen-bond acceptors (Lipinski definition) is 3. The number of carboxylic acid groups (broad SMARTS) is 1. The molecule has 0 saturated heterocycles. The van der Waals surface area contributed by atoms with Gasteiger partial charge in [-0.3, -0.25) is 5.10 Å². The van der Waals surface area contributed by atoms with E-state index >= 15 is 0 Å². The van der Waals surface area contributed by atoms with Crippen molar-refractivity contribution in [3.63, 3.8) is 0 Å². The van der Waals surface area contributed by atoms with Crippen LogP contribution in [0.4, 0.5) is 0 Å². The Morgan fingerprint density at radius 1 is 0.964 bits per heavy atom. The molecule has 0 spiro atoms. The third-order valence-electron chi connectivity index (χ3n) is 5.07. The van der Waals surface area contributed by atoms with E-state index in [-0.39, 0.29) is 5.56 Å². The molecule has 0 radical (unpaired) electrons. The number of nitrogens with zero attached hydrogens (tertiary/aromatic N) is 2. The fourth-order valence-corrected chi connectivity index (χ4v) is 3.43. The topological polar surface area (TPSA) is 78.9 Å². The summed E-state index contributed by atoms with van der Waals surface area (Å²) < 4.78 is 0. The van der Waals surface area contributed by atoms with E-state index in [2.05, 4.69) is 54.4 Å². The predicted octanol–water partition coefficient (Wildman–Crippen LogP) is 5.11. The van der Waals surface area contributed by atoms with Crippen LogP contribution in [-0.4, -0.2) is 26.3 Å². The molecule has 2 aromatic carbocycles. The van der Waals surface area contributed by atoms with Crippen LogP contribution in [0.5, 0.6) is 0 Å². The Morgan fingerprint density at radius 3 is 2.25 bits per heavy atom. The van der Waals surface area contributed by atoms with Crippen molar-refractivity contribution in [1.82, 2.24) is 15.2 Å². The van der Waals surface area contributed by atoms with Gasteiger partial charge < -0.3 is 5.11 Å². The van der Waals surface area contributed by atoms with Crippen LogP contribution in [0.2, 0.25) is 0 Å². The summed E-state index contributed by atoms with van der Waals surface area (Å²) in [5, 5.41) is 17.7. The monoisotopic (exact) mass is 371 g/mol. The molecule has 0 bridgehead atoms. The predicted molar refractivity (Wildman–Crippen MR) is 110 cm³/mol. The molecule has 5 nitrogen and oxygen atoms in total. The lowest BCUT2D eigenvalue weighted by Gasteiger charge is -2.08. The van der Waals surface area contributed by atoms with Crippen molar-refractivity contribution in [2.45, 2.75) is 26.7 Å². The fraction of sp³-hybridized carbons (Fsp3) is 0.174. The maximum atomic E-state index is 11.1. The zero-order chi connectivity index (χ0) is 19.7. The van der Waals surface area contributed by atoms with E-state index in [9.17, 15) is 4.79 Å². The van der Waals surface area contributed by atoms with Crippen molar-refractivity contribution in [3.8, 4) is 22.5 Å². The molecule has 0 unspecified atom stereocenters. The maximum absolute atomic E-state index is 11.1. The van der Waals surface area contributed by atoms with Crippen molar-refractivity contribution >= 4 is 17.0 Å². The molecule has 2 N–H and O–H groups in total. The number of carbonyl (C=O) groups is 1. The molecule has 4 aromatic rings. The lowest BCUT2D eigenvalue weighted by atomic mass is 10.00. The first-order chi connectivity index (χ1) is 13.6. The van der Waals surface area contributed by atoms with Gasteiger partial charge in [0.2, 0.25) is 0 Å². The van der Waals surface area contributed by atoms with Crippen molar-refractivity contribution in [3.05, 3.63) is 71.3 Å². The largest absolute Gasteiger partial charge is 0.478 e. The van der Waals surface area contributed by atoms with Gasteiger partial charge in [0.05, 0.1) is 17.0 Å². The second kappa shape index (κ2) is 7.27. The van der Waals surface area contributed by atoms with Gasteiger partial charge in [0.1, 0.15) is 0 Å². The van der Waals surface area contributed by atoms with Crippen LogP contribution < -0.4 is 0 Å². The van der Waals surface area contributed by atoms with E-state index in [0.717, 1.165) is 46.3 Å². The number of pyridine rings is 1. The van der Waals surface area contributed by atoms with Gasteiger partial charge in [-0.1, -0.05) is 50.2 Å². The third-order valence-corrected chi connectivity index (χ3v) is 5.07. The quantitative estimate of drug-likeness (QED) is 0.511. The molecule has 4 rings (SSSR count). The second-order valence-corrected chi connectivity index (χ2v) is 6.75. The second-order valence-electron chi connectivity index (χ2n) is 6.75. The van der Waals surface area contributed by atoms with Gasteiger partial charge in [0, 0.05) is 16.5 Å². The van der Waals surface area contributed by atoms with Crippen LogP contribution in [-0.2, 0) is 12.8 Å². The van der Waals surface area contributed by atoms with E-state index in [1.165, 1.54) is 5.56 Å². The Bertz CT molecular complexity index is 1140. The SMILES string of the molecule is CCc1ccc(-c2[nH]nc3nc(-c4ccc(C(=O)O)cc4)cc(CC)c23)cc1. The lowest BCUT2D eigenvalue weighted by Crippen LogP contribution is -1.96. The molecule has 0 saturated carbocycles. The molecule has 0 aliphatic heterocycles. The van der Waals surface area contributed by atoms with Crippen LogP contribution in [0.3, 0.4) is 0 Å². The van der Waals surface area contributed by atoms with Crippen LogP contribution in [0, 0.1) is 0 Å². The summed E-state index contributed by atoms with van der Waals surface area (Å²) in [5.74, 6) is -0.935. The Morgan fingerprint density at radius 2 is 1.64 bits per heavy atom. The zero-order valence-corrected chi connectivity index (χ0v) is 15.9. The number of aryl methyl sites for hydroxylation is 2. The summed E-state index contributed by atoms with van der Waals surface area (Å²) in [6.45, 7) is 4.26. The number of aromatic carboxylic acids is 1. The van der Waals surface area contributed by atoms with Crippen LogP contribution >= 0.6 is 0 Å². The van der Waals surface area contributed by atoms with Crippen LogP contribution in [0.25, 0.3) is 33.5 Å². The summed E-state index contributed by atoms with van der Waals surface area (Å²) in [7, 11) is 0. The van der Waals surface area contributed by atoms with E-state index in [1.54, 1.807) is 24.3 Å². The number of fused-ring (bicyclic) bond motifs is 1. The van der Waals surface area contributed by atoms with Gasteiger partial charge in [-0.2, -0.15) is 5.10 Å². The number of benzene rings is 2. The molecule has 0 fully saturated rings. The maximum Gasteiger partial charge on any atom is 0.335 e. The van der Waals surface area contributed by atoms with Gasteiger partial charge in [-0.15, -0.1) is 0 Å². The summed E-state index contributed by atoms with van der Waals surface area (Å²) in [6, 6.07) is 17.3. The van der Waals surface area contributed by atoms with Crippen LogP contribution in [0.1, 0.15) is 35.3 Å². The molecule has 28 heavy (non-hydrogen) atoms. The smallest absolute Gasteiger partial charge is 0.335 e. The number of nitrogens with one attached hydrogen (secondary N) is 1. The third kappa shape index (κ3) is 3.16.